The van der Waals surface area contributed by atoms with E-state index in [9.17, 15) is 14.4 Å². The molecule has 2 aliphatic heterocycles. The van der Waals surface area contributed by atoms with Crippen LogP contribution in [0.4, 0.5) is 5.69 Å². The number of benzene rings is 1. The standard InChI is InChI=1S/C16H14N4O4/c1-6-9(14(17)21)15(22)18-16(23)11(6)20-19-8-4-2-7(3-5-8)10-12-13(10)24-12/h2-5,10,12-13,19H,1H3,(H2,17,21)(H,18,22,23)/b20-11-. The molecule has 8 nitrogen and oxygen atoms in total. The molecule has 3 aliphatic rings. The molecule has 0 spiro atoms. The number of carbonyl (C=O) groups excluding carboxylic acids is 3. The Morgan fingerprint density at radius 3 is 2.42 bits per heavy atom. The Bertz CT molecular complexity index is 832. The molecule has 8 heteroatoms. The van der Waals surface area contributed by atoms with Crippen LogP contribution in [-0.2, 0) is 19.1 Å². The molecule has 2 unspecified atom stereocenters. The van der Waals surface area contributed by atoms with E-state index < -0.39 is 17.7 Å². The fourth-order valence-electron chi connectivity index (χ4n) is 2.87. The highest BCUT2D eigenvalue weighted by molar-refractivity contribution is 6.52. The lowest BCUT2D eigenvalue weighted by Crippen LogP contribution is -2.46. The molecule has 1 aromatic carbocycles. The van der Waals surface area contributed by atoms with Crippen LogP contribution >= 0.6 is 0 Å². The van der Waals surface area contributed by atoms with Gasteiger partial charge in [-0.05, 0) is 24.6 Å². The molecule has 0 radical (unpaired) electrons. The Balaban J connectivity index is 1.54. The average Bonchev–Trinajstić information content (AvgIpc) is 3.39. The summed E-state index contributed by atoms with van der Waals surface area (Å²) in [5.74, 6) is -1.89. The number of epoxide rings is 1. The minimum absolute atomic E-state index is 0.0516. The van der Waals surface area contributed by atoms with E-state index in [-0.39, 0.29) is 16.9 Å². The van der Waals surface area contributed by atoms with Gasteiger partial charge in [-0.1, -0.05) is 12.1 Å². The van der Waals surface area contributed by atoms with E-state index in [0.29, 0.717) is 23.8 Å². The molecular formula is C16H14N4O4. The minimum Gasteiger partial charge on any atom is -0.368 e. The zero-order valence-electron chi connectivity index (χ0n) is 12.7. The predicted octanol–water partition coefficient (Wildman–Crippen LogP) is -0.223. The van der Waals surface area contributed by atoms with Crippen LogP contribution in [0.5, 0.6) is 0 Å². The number of imide groups is 1. The van der Waals surface area contributed by atoms with Gasteiger partial charge in [-0.2, -0.15) is 5.10 Å². The van der Waals surface area contributed by atoms with Crippen molar-refractivity contribution >= 4 is 29.1 Å². The van der Waals surface area contributed by atoms with Gasteiger partial charge in [0, 0.05) is 11.5 Å². The van der Waals surface area contributed by atoms with Gasteiger partial charge in [-0.15, -0.1) is 0 Å². The van der Waals surface area contributed by atoms with Crippen LogP contribution in [0.2, 0.25) is 0 Å². The zero-order valence-corrected chi connectivity index (χ0v) is 12.7. The first-order chi connectivity index (χ1) is 11.5. The number of nitrogens with one attached hydrogen (secondary N) is 2. The lowest BCUT2D eigenvalue weighted by Gasteiger charge is -2.16. The number of ether oxygens (including phenoxy) is 1. The van der Waals surface area contributed by atoms with E-state index in [0.717, 1.165) is 0 Å². The number of primary amides is 1. The van der Waals surface area contributed by atoms with E-state index in [1.165, 1.54) is 12.5 Å². The van der Waals surface area contributed by atoms with E-state index in [4.69, 9.17) is 10.5 Å². The molecule has 2 heterocycles. The fraction of sp³-hybridized carbons (Fsp3) is 0.250. The third-order valence-corrected chi connectivity index (χ3v) is 4.37. The summed E-state index contributed by atoms with van der Waals surface area (Å²) in [4.78, 5) is 34.9. The maximum Gasteiger partial charge on any atom is 0.278 e. The number of hydrazone groups is 1. The Labute approximate surface area is 136 Å². The molecule has 1 saturated heterocycles. The van der Waals surface area contributed by atoms with Crippen molar-refractivity contribution in [1.82, 2.24) is 5.32 Å². The highest BCUT2D eigenvalue weighted by Gasteiger charge is 2.68. The van der Waals surface area contributed by atoms with Gasteiger partial charge in [-0.25, -0.2) is 0 Å². The number of anilines is 1. The van der Waals surface area contributed by atoms with Crippen LogP contribution in [-0.4, -0.2) is 35.6 Å². The van der Waals surface area contributed by atoms with Crippen molar-refractivity contribution in [3.8, 4) is 0 Å². The van der Waals surface area contributed by atoms with Crippen LogP contribution in [0, 0.1) is 0 Å². The summed E-state index contributed by atoms with van der Waals surface area (Å²) in [6.07, 6.45) is 0.792. The zero-order chi connectivity index (χ0) is 17.0. The number of carbonyl (C=O) groups is 3. The summed E-state index contributed by atoms with van der Waals surface area (Å²) in [5.41, 5.74) is 9.65. The first-order valence-corrected chi connectivity index (χ1v) is 7.43. The smallest absolute Gasteiger partial charge is 0.278 e. The second-order valence-corrected chi connectivity index (χ2v) is 5.93. The molecule has 1 saturated carbocycles. The Hall–Kier alpha value is -3.00. The second kappa shape index (κ2) is 5.00. The predicted molar refractivity (Wildman–Crippen MR) is 83.9 cm³/mol. The van der Waals surface area contributed by atoms with E-state index in [1.807, 2.05) is 29.6 Å². The Kier molecular flexibility index (Phi) is 3.04. The fourth-order valence-corrected chi connectivity index (χ4v) is 2.87. The average molecular weight is 326 g/mol. The highest BCUT2D eigenvalue weighted by Crippen LogP contribution is 2.59. The van der Waals surface area contributed by atoms with Crippen molar-refractivity contribution in [2.24, 2.45) is 10.8 Å². The number of nitrogens with zero attached hydrogens (tertiary/aromatic N) is 1. The number of nitrogens with two attached hydrogens (primary N) is 1. The molecular weight excluding hydrogens is 312 g/mol. The van der Waals surface area contributed by atoms with Gasteiger partial charge in [0.05, 0.1) is 17.9 Å². The number of amides is 3. The van der Waals surface area contributed by atoms with Gasteiger partial charge in [-0.3, -0.25) is 25.1 Å². The van der Waals surface area contributed by atoms with Crippen molar-refractivity contribution in [3.63, 3.8) is 0 Å². The third kappa shape index (κ3) is 2.28. The molecule has 0 aromatic heterocycles. The van der Waals surface area contributed by atoms with Gasteiger partial charge >= 0.3 is 0 Å². The van der Waals surface area contributed by atoms with E-state index >= 15 is 0 Å². The molecule has 4 N–H and O–H groups in total. The summed E-state index contributed by atoms with van der Waals surface area (Å²) in [5, 5.41) is 6.06. The quantitative estimate of drug-likeness (QED) is 0.305. The van der Waals surface area contributed by atoms with Crippen molar-refractivity contribution < 1.29 is 19.1 Å². The van der Waals surface area contributed by atoms with Crippen LogP contribution < -0.4 is 16.5 Å². The molecule has 2 fully saturated rings. The van der Waals surface area contributed by atoms with Crippen LogP contribution in [0.1, 0.15) is 18.4 Å². The summed E-state index contributed by atoms with van der Waals surface area (Å²) < 4.78 is 5.24. The molecule has 4 rings (SSSR count). The van der Waals surface area contributed by atoms with Crippen molar-refractivity contribution in [1.29, 1.82) is 0 Å². The molecule has 0 bridgehead atoms. The monoisotopic (exact) mass is 326 g/mol. The lowest BCUT2D eigenvalue weighted by atomic mass is 9.99. The SMILES string of the molecule is CC1=C(C(N)=O)C(=O)NC(=O)/C1=N\Nc1ccc(C2C3OC32)cc1. The number of hydrogen-bond acceptors (Lipinski definition) is 6. The van der Waals surface area contributed by atoms with E-state index in [1.54, 1.807) is 0 Å². The molecule has 1 aromatic rings. The normalized spacial score (nSPS) is 29.2. The first kappa shape index (κ1) is 14.6. The molecule has 3 amide bonds. The van der Waals surface area contributed by atoms with Crippen molar-refractivity contribution in [2.75, 3.05) is 5.43 Å². The lowest BCUT2D eigenvalue weighted by molar-refractivity contribution is -0.126. The van der Waals surface area contributed by atoms with Gasteiger partial charge in [0.15, 0.2) is 5.71 Å². The number of fused-ring (bicyclic) bond motifs is 1. The molecule has 1 aliphatic carbocycles. The molecule has 24 heavy (non-hydrogen) atoms. The third-order valence-electron chi connectivity index (χ3n) is 4.37. The maximum atomic E-state index is 11.9. The molecule has 2 atom stereocenters. The van der Waals surface area contributed by atoms with Crippen LogP contribution in [0.3, 0.4) is 0 Å². The summed E-state index contributed by atoms with van der Waals surface area (Å²) in [6.45, 7) is 1.46. The van der Waals surface area contributed by atoms with Crippen LogP contribution in [0.15, 0.2) is 40.5 Å². The van der Waals surface area contributed by atoms with Crippen molar-refractivity contribution in [3.05, 3.63) is 41.0 Å². The molecule has 122 valence electrons. The maximum absolute atomic E-state index is 11.9. The minimum atomic E-state index is -0.903. The van der Waals surface area contributed by atoms with E-state index in [2.05, 4.69) is 10.5 Å². The van der Waals surface area contributed by atoms with Crippen LogP contribution in [0.25, 0.3) is 0 Å². The van der Waals surface area contributed by atoms with Gasteiger partial charge in [0.25, 0.3) is 17.7 Å². The summed E-state index contributed by atoms with van der Waals surface area (Å²) in [6, 6.07) is 7.64. The number of hydrogen-bond donors (Lipinski definition) is 3. The van der Waals surface area contributed by atoms with Gasteiger partial charge < -0.3 is 10.5 Å². The highest BCUT2D eigenvalue weighted by atomic mass is 16.6. The summed E-state index contributed by atoms with van der Waals surface area (Å²) >= 11 is 0. The second-order valence-electron chi connectivity index (χ2n) is 5.93. The first-order valence-electron chi connectivity index (χ1n) is 7.43. The number of rotatable bonds is 4. The topological polar surface area (TPSA) is 126 Å². The Morgan fingerprint density at radius 2 is 1.88 bits per heavy atom. The Morgan fingerprint density at radius 1 is 1.21 bits per heavy atom. The van der Waals surface area contributed by atoms with Crippen molar-refractivity contribution in [2.45, 2.75) is 25.0 Å². The van der Waals surface area contributed by atoms with Gasteiger partial charge in [0.2, 0.25) is 0 Å². The largest absolute Gasteiger partial charge is 0.368 e. The van der Waals surface area contributed by atoms with Gasteiger partial charge in [0.1, 0.15) is 5.57 Å². The summed E-state index contributed by atoms with van der Waals surface area (Å²) in [7, 11) is 0.